The second kappa shape index (κ2) is 5.59. The first-order chi connectivity index (χ1) is 7.58. The summed E-state index contributed by atoms with van der Waals surface area (Å²) in [6, 6.07) is 4.49. The van der Waals surface area contributed by atoms with E-state index in [1.165, 1.54) is 0 Å². The predicted molar refractivity (Wildman–Crippen MR) is 54.0 cm³/mol. The van der Waals surface area contributed by atoms with E-state index in [2.05, 4.69) is 9.97 Å². The fourth-order valence-electron chi connectivity index (χ4n) is 0.783. The van der Waals surface area contributed by atoms with Crippen LogP contribution in [0.2, 0.25) is 0 Å². The Labute approximate surface area is 88.6 Å². The Kier molecular flexibility index (Phi) is 4.14. The van der Waals surface area contributed by atoms with Gasteiger partial charge in [0, 0.05) is 24.5 Å². The van der Waals surface area contributed by atoms with Crippen molar-refractivity contribution in [2.45, 2.75) is 0 Å². The van der Waals surface area contributed by atoms with Crippen molar-refractivity contribution >= 4 is 0 Å². The van der Waals surface area contributed by atoms with Gasteiger partial charge in [0.25, 0.3) is 0 Å². The quantitative estimate of drug-likeness (QED) is 0.704. The standard InChI is InChI=1S/2C5H4FNO/c2*6-4-1-2-5(8)7-3-4/h2*1-3H,(H,7,8). The number of pyridine rings is 2. The lowest BCUT2D eigenvalue weighted by atomic mass is 10.5. The Hall–Kier alpha value is -2.24. The smallest absolute Gasteiger partial charge is 0.248 e. The number of hydrogen-bond donors (Lipinski definition) is 2. The molecule has 0 bridgehead atoms. The maximum Gasteiger partial charge on any atom is 0.248 e. The van der Waals surface area contributed by atoms with Gasteiger partial charge in [-0.2, -0.15) is 0 Å². The van der Waals surface area contributed by atoms with Crippen LogP contribution >= 0.6 is 0 Å². The predicted octanol–water partition coefficient (Wildman–Crippen LogP) is 1.03. The zero-order valence-electron chi connectivity index (χ0n) is 8.04. The molecule has 16 heavy (non-hydrogen) atoms. The molecule has 2 N–H and O–H groups in total. The first-order valence-electron chi connectivity index (χ1n) is 4.26. The van der Waals surface area contributed by atoms with Crippen LogP contribution in [0.3, 0.4) is 0 Å². The zero-order chi connectivity index (χ0) is 12.0. The second-order valence-corrected chi connectivity index (χ2v) is 2.74. The van der Waals surface area contributed by atoms with Crippen molar-refractivity contribution in [2.24, 2.45) is 0 Å². The molecular formula is C10H8F2N2O2. The van der Waals surface area contributed by atoms with Crippen LogP contribution in [-0.4, -0.2) is 9.97 Å². The maximum atomic E-state index is 11.9. The molecule has 0 spiro atoms. The summed E-state index contributed by atoms with van der Waals surface area (Å²) in [7, 11) is 0. The minimum Gasteiger partial charge on any atom is -0.326 e. The minimum absolute atomic E-state index is 0.286. The van der Waals surface area contributed by atoms with E-state index in [4.69, 9.17) is 0 Å². The van der Waals surface area contributed by atoms with Crippen LogP contribution in [0.4, 0.5) is 8.78 Å². The SMILES string of the molecule is O=c1ccc(F)c[nH]1.O=c1ccc(F)c[nH]1. The summed E-state index contributed by atoms with van der Waals surface area (Å²) in [5.74, 6) is -0.853. The largest absolute Gasteiger partial charge is 0.326 e. The van der Waals surface area contributed by atoms with Crippen LogP contribution in [0.25, 0.3) is 0 Å². The number of nitrogens with one attached hydrogen (secondary N) is 2. The van der Waals surface area contributed by atoms with E-state index in [9.17, 15) is 18.4 Å². The fourth-order valence-corrected chi connectivity index (χ4v) is 0.783. The highest BCUT2D eigenvalue weighted by molar-refractivity contribution is 4.93. The fraction of sp³-hybridized carbons (Fsp3) is 0. The van der Waals surface area contributed by atoms with Crippen molar-refractivity contribution in [2.75, 3.05) is 0 Å². The number of H-pyrrole nitrogens is 2. The molecule has 0 saturated heterocycles. The van der Waals surface area contributed by atoms with Gasteiger partial charge in [-0.05, 0) is 12.1 Å². The molecule has 0 aliphatic carbocycles. The van der Waals surface area contributed by atoms with Gasteiger partial charge >= 0.3 is 0 Å². The molecule has 0 aliphatic rings. The van der Waals surface area contributed by atoms with Gasteiger partial charge in [-0.1, -0.05) is 0 Å². The monoisotopic (exact) mass is 226 g/mol. The van der Waals surface area contributed by atoms with Gasteiger partial charge in [-0.25, -0.2) is 8.78 Å². The lowest BCUT2D eigenvalue weighted by Gasteiger charge is -1.80. The molecule has 2 rings (SSSR count). The van der Waals surface area contributed by atoms with Crippen molar-refractivity contribution in [3.05, 3.63) is 69.0 Å². The van der Waals surface area contributed by atoms with Gasteiger partial charge in [0.05, 0.1) is 0 Å². The normalized spacial score (nSPS) is 9.12. The number of aromatic nitrogens is 2. The number of halogens is 2. The molecule has 0 aliphatic heterocycles. The first kappa shape index (κ1) is 11.8. The molecule has 0 radical (unpaired) electrons. The molecule has 0 fully saturated rings. The summed E-state index contributed by atoms with van der Waals surface area (Å²) in [5, 5.41) is 0. The number of aromatic amines is 2. The van der Waals surface area contributed by atoms with E-state index in [1.807, 2.05) is 0 Å². The summed E-state index contributed by atoms with van der Waals surface area (Å²) in [5.41, 5.74) is -0.571. The second-order valence-electron chi connectivity index (χ2n) is 2.74. The van der Waals surface area contributed by atoms with Gasteiger partial charge in [0.1, 0.15) is 11.6 Å². The average molecular weight is 226 g/mol. The maximum absolute atomic E-state index is 11.9. The third-order valence-electron chi connectivity index (χ3n) is 1.49. The van der Waals surface area contributed by atoms with Crippen molar-refractivity contribution < 1.29 is 8.78 Å². The molecule has 2 aromatic heterocycles. The van der Waals surface area contributed by atoms with Gasteiger partial charge < -0.3 is 9.97 Å². The van der Waals surface area contributed by atoms with E-state index in [-0.39, 0.29) is 11.1 Å². The van der Waals surface area contributed by atoms with Gasteiger partial charge in [0.15, 0.2) is 0 Å². The summed E-state index contributed by atoms with van der Waals surface area (Å²) >= 11 is 0. The van der Waals surface area contributed by atoms with Crippen molar-refractivity contribution in [3.63, 3.8) is 0 Å². The summed E-state index contributed by atoms with van der Waals surface area (Å²) in [6.45, 7) is 0. The van der Waals surface area contributed by atoms with Crippen molar-refractivity contribution in [1.29, 1.82) is 0 Å². The molecule has 0 saturated carbocycles. The molecule has 4 nitrogen and oxygen atoms in total. The minimum atomic E-state index is -0.426. The Morgan fingerprint density at radius 1 is 0.750 bits per heavy atom. The summed E-state index contributed by atoms with van der Waals surface area (Å²) in [4.78, 5) is 24.7. The Morgan fingerprint density at radius 2 is 1.12 bits per heavy atom. The van der Waals surface area contributed by atoms with Crippen LogP contribution in [-0.2, 0) is 0 Å². The number of hydrogen-bond acceptors (Lipinski definition) is 2. The zero-order valence-corrected chi connectivity index (χ0v) is 8.04. The lowest BCUT2D eigenvalue weighted by Crippen LogP contribution is -2.01. The van der Waals surface area contributed by atoms with E-state index >= 15 is 0 Å². The molecule has 6 heteroatoms. The van der Waals surface area contributed by atoms with Crippen molar-refractivity contribution in [1.82, 2.24) is 9.97 Å². The topological polar surface area (TPSA) is 65.7 Å². The molecule has 0 aromatic carbocycles. The lowest BCUT2D eigenvalue weighted by molar-refractivity contribution is 0.620. The third-order valence-corrected chi connectivity index (χ3v) is 1.49. The number of rotatable bonds is 0. The molecule has 0 unspecified atom stereocenters. The summed E-state index contributed by atoms with van der Waals surface area (Å²) < 4.78 is 23.8. The van der Waals surface area contributed by atoms with Gasteiger partial charge in [0.2, 0.25) is 11.1 Å². The summed E-state index contributed by atoms with van der Waals surface area (Å²) in [6.07, 6.45) is 2.03. The third kappa shape index (κ3) is 4.32. The highest BCUT2D eigenvalue weighted by atomic mass is 19.1. The first-order valence-corrected chi connectivity index (χ1v) is 4.26. The van der Waals surface area contributed by atoms with E-state index in [1.54, 1.807) is 0 Å². The van der Waals surface area contributed by atoms with Crippen LogP contribution < -0.4 is 11.1 Å². The molecule has 0 amide bonds. The van der Waals surface area contributed by atoms with Crippen LogP contribution in [0.15, 0.2) is 46.2 Å². The highest BCUT2D eigenvalue weighted by Crippen LogP contribution is 1.85. The van der Waals surface area contributed by atoms with E-state index in [0.29, 0.717) is 0 Å². The highest BCUT2D eigenvalue weighted by Gasteiger charge is 1.83. The van der Waals surface area contributed by atoms with E-state index < -0.39 is 11.6 Å². The average Bonchev–Trinajstić information content (AvgIpc) is 2.28. The van der Waals surface area contributed by atoms with Crippen molar-refractivity contribution in [3.8, 4) is 0 Å². The molecule has 0 atom stereocenters. The van der Waals surface area contributed by atoms with Crippen LogP contribution in [0.5, 0.6) is 0 Å². The van der Waals surface area contributed by atoms with Gasteiger partial charge in [-0.3, -0.25) is 9.59 Å². The Balaban J connectivity index is 0.000000160. The van der Waals surface area contributed by atoms with Crippen LogP contribution in [0.1, 0.15) is 0 Å². The molecular weight excluding hydrogens is 218 g/mol. The molecule has 84 valence electrons. The molecule has 2 heterocycles. The molecule has 2 aromatic rings. The van der Waals surface area contributed by atoms with E-state index in [0.717, 1.165) is 36.7 Å². The van der Waals surface area contributed by atoms with Gasteiger partial charge in [-0.15, -0.1) is 0 Å². The Bertz CT molecular complexity index is 471. The van der Waals surface area contributed by atoms with Crippen LogP contribution in [0, 0.1) is 11.6 Å². The Morgan fingerprint density at radius 3 is 1.31 bits per heavy atom.